The minimum atomic E-state index is -0.148. The second-order valence-corrected chi connectivity index (χ2v) is 3.78. The van der Waals surface area contributed by atoms with Crippen molar-refractivity contribution in [2.45, 2.75) is 38.8 Å². The van der Waals surface area contributed by atoms with Gasteiger partial charge in [0, 0.05) is 0 Å². The van der Waals surface area contributed by atoms with Crippen molar-refractivity contribution >= 4 is 8.46 Å². The van der Waals surface area contributed by atoms with Gasteiger partial charge in [-0.05, 0) is 19.8 Å². The molecule has 0 aliphatic carbocycles. The summed E-state index contributed by atoms with van der Waals surface area (Å²) in [6.07, 6.45) is 2.04. The van der Waals surface area contributed by atoms with Crippen LogP contribution in [0.5, 0.6) is 0 Å². The molecule has 0 amide bonds. The summed E-state index contributed by atoms with van der Waals surface area (Å²) in [6.45, 7) is 6.21. The molecule has 1 atom stereocenters. The molecule has 0 rings (SSSR count). The predicted octanol–water partition coefficient (Wildman–Crippen LogP) is 2.59. The fraction of sp³-hybridized carbons (Fsp3) is 1.00. The standard InChI is InChI=1S/C6H13OP/c1-4-6(3,5-2)8-7/h4-5H2,1-3H3/p+1. The molecule has 8 heavy (non-hydrogen) atoms. The minimum Gasteiger partial charge on any atom is -0.0768 e. The number of rotatable bonds is 3. The topological polar surface area (TPSA) is 17.1 Å². The second-order valence-electron chi connectivity index (χ2n) is 2.37. The van der Waals surface area contributed by atoms with Gasteiger partial charge in [-0.3, -0.25) is 0 Å². The third-order valence-corrected chi connectivity index (χ3v) is 3.01. The van der Waals surface area contributed by atoms with Crippen LogP contribution in [0, 0.1) is 0 Å². The van der Waals surface area contributed by atoms with Crippen molar-refractivity contribution < 1.29 is 4.57 Å². The highest BCUT2D eigenvalue weighted by atomic mass is 31.1. The predicted molar refractivity (Wildman–Crippen MR) is 38.0 cm³/mol. The molecule has 0 N–H and O–H groups in total. The summed E-state index contributed by atoms with van der Waals surface area (Å²) in [5, 5.41) is 0.0972. The Bertz CT molecular complexity index is 76.6. The van der Waals surface area contributed by atoms with Gasteiger partial charge in [0.2, 0.25) is 0 Å². The summed E-state index contributed by atoms with van der Waals surface area (Å²) >= 11 is 0. The van der Waals surface area contributed by atoms with Crippen molar-refractivity contribution in [3.05, 3.63) is 0 Å². The van der Waals surface area contributed by atoms with Crippen LogP contribution in [0.2, 0.25) is 0 Å². The molecule has 0 saturated heterocycles. The van der Waals surface area contributed by atoms with Crippen LogP contribution >= 0.6 is 8.46 Å². The van der Waals surface area contributed by atoms with E-state index in [0.29, 0.717) is 0 Å². The van der Waals surface area contributed by atoms with Crippen molar-refractivity contribution in [2.24, 2.45) is 0 Å². The largest absolute Gasteiger partial charge is 0.330 e. The molecule has 0 heterocycles. The Kier molecular flexibility index (Phi) is 3.23. The third kappa shape index (κ3) is 1.92. The quantitative estimate of drug-likeness (QED) is 0.541. The molecular formula is C6H14OP+. The number of hydrogen-bond donors (Lipinski definition) is 0. The maximum absolute atomic E-state index is 10.4. The summed E-state index contributed by atoms with van der Waals surface area (Å²) in [5.74, 6) is 0. The van der Waals surface area contributed by atoms with Gasteiger partial charge < -0.3 is 0 Å². The van der Waals surface area contributed by atoms with E-state index in [1.165, 1.54) is 0 Å². The highest BCUT2D eigenvalue weighted by Gasteiger charge is 2.27. The van der Waals surface area contributed by atoms with Gasteiger partial charge in [-0.25, -0.2) is 0 Å². The van der Waals surface area contributed by atoms with Gasteiger partial charge in [-0.15, -0.1) is 0 Å². The van der Waals surface area contributed by atoms with Crippen LogP contribution in [-0.4, -0.2) is 5.16 Å². The molecule has 0 aromatic heterocycles. The number of hydrogen-bond acceptors (Lipinski definition) is 1. The molecule has 0 fully saturated rings. The summed E-state index contributed by atoms with van der Waals surface area (Å²) in [6, 6.07) is 0. The Hall–Kier alpha value is 0.100. The van der Waals surface area contributed by atoms with Crippen molar-refractivity contribution in [1.82, 2.24) is 0 Å². The first-order valence-electron chi connectivity index (χ1n) is 3.08. The van der Waals surface area contributed by atoms with Gasteiger partial charge in [0.1, 0.15) is 0 Å². The summed E-state index contributed by atoms with van der Waals surface area (Å²) in [7, 11) is -0.148. The maximum Gasteiger partial charge on any atom is 0.330 e. The van der Waals surface area contributed by atoms with Crippen LogP contribution in [0.1, 0.15) is 33.6 Å². The highest BCUT2D eigenvalue weighted by Crippen LogP contribution is 2.29. The first-order chi connectivity index (χ1) is 3.68. The van der Waals surface area contributed by atoms with Gasteiger partial charge in [-0.2, -0.15) is 0 Å². The van der Waals surface area contributed by atoms with E-state index >= 15 is 0 Å². The maximum atomic E-state index is 10.4. The third-order valence-electron chi connectivity index (χ3n) is 1.81. The fourth-order valence-corrected chi connectivity index (χ4v) is 0.683. The van der Waals surface area contributed by atoms with Gasteiger partial charge in [0.15, 0.2) is 5.16 Å². The molecule has 48 valence electrons. The van der Waals surface area contributed by atoms with E-state index in [4.69, 9.17) is 0 Å². The Morgan fingerprint density at radius 2 is 1.75 bits per heavy atom. The van der Waals surface area contributed by atoms with Gasteiger partial charge in [0.25, 0.3) is 0 Å². The van der Waals surface area contributed by atoms with Gasteiger partial charge >= 0.3 is 8.46 Å². The van der Waals surface area contributed by atoms with Gasteiger partial charge in [-0.1, -0.05) is 18.4 Å². The van der Waals surface area contributed by atoms with Crippen LogP contribution in [0.4, 0.5) is 0 Å². The fourth-order valence-electron chi connectivity index (χ4n) is 0.394. The van der Waals surface area contributed by atoms with Crippen LogP contribution in [0.15, 0.2) is 0 Å². The average molecular weight is 133 g/mol. The summed E-state index contributed by atoms with van der Waals surface area (Å²) in [4.78, 5) is 0. The lowest BCUT2D eigenvalue weighted by molar-refractivity contribution is 0.534. The lowest BCUT2D eigenvalue weighted by atomic mass is 10.1. The zero-order valence-electron chi connectivity index (χ0n) is 5.82. The lowest BCUT2D eigenvalue weighted by Crippen LogP contribution is -2.11. The van der Waals surface area contributed by atoms with Crippen molar-refractivity contribution in [2.75, 3.05) is 0 Å². The van der Waals surface area contributed by atoms with E-state index in [2.05, 4.69) is 20.8 Å². The molecule has 2 heteroatoms. The monoisotopic (exact) mass is 133 g/mol. The van der Waals surface area contributed by atoms with Gasteiger partial charge in [0.05, 0.1) is 0 Å². The Morgan fingerprint density at radius 3 is 1.75 bits per heavy atom. The summed E-state index contributed by atoms with van der Waals surface area (Å²) in [5.41, 5.74) is 0. The van der Waals surface area contributed by atoms with Crippen molar-refractivity contribution in [3.8, 4) is 0 Å². The van der Waals surface area contributed by atoms with E-state index in [9.17, 15) is 4.57 Å². The van der Waals surface area contributed by atoms with E-state index in [1.54, 1.807) is 0 Å². The highest BCUT2D eigenvalue weighted by molar-refractivity contribution is 7.25. The molecule has 0 saturated carbocycles. The first-order valence-corrected chi connectivity index (χ1v) is 3.98. The summed E-state index contributed by atoms with van der Waals surface area (Å²) < 4.78 is 10.4. The SMILES string of the molecule is CCC(C)(CC)[PH+]=O. The Balaban J connectivity index is 3.76. The van der Waals surface area contributed by atoms with E-state index < -0.39 is 0 Å². The lowest BCUT2D eigenvalue weighted by Gasteiger charge is -2.07. The van der Waals surface area contributed by atoms with E-state index in [0.717, 1.165) is 12.8 Å². The second kappa shape index (κ2) is 3.19. The Labute approximate surface area is 52.7 Å². The molecule has 0 radical (unpaired) electrons. The molecule has 0 aliphatic rings. The molecule has 0 spiro atoms. The van der Waals surface area contributed by atoms with Crippen molar-refractivity contribution in [1.29, 1.82) is 0 Å². The molecule has 0 aromatic rings. The minimum absolute atomic E-state index is 0.0972. The zero-order chi connectivity index (χ0) is 6.62. The van der Waals surface area contributed by atoms with E-state index in [-0.39, 0.29) is 13.6 Å². The molecule has 0 aliphatic heterocycles. The smallest absolute Gasteiger partial charge is 0.0768 e. The van der Waals surface area contributed by atoms with Crippen LogP contribution in [-0.2, 0) is 4.57 Å². The molecule has 1 nitrogen and oxygen atoms in total. The zero-order valence-corrected chi connectivity index (χ0v) is 6.82. The Morgan fingerprint density at radius 1 is 1.38 bits per heavy atom. The van der Waals surface area contributed by atoms with Crippen molar-refractivity contribution in [3.63, 3.8) is 0 Å². The molecule has 0 bridgehead atoms. The normalized spacial score (nSPS) is 12.4. The van der Waals surface area contributed by atoms with E-state index in [1.807, 2.05) is 0 Å². The average Bonchev–Trinajstić information content (AvgIpc) is 1.87. The molecule has 0 aromatic carbocycles. The van der Waals surface area contributed by atoms with Crippen LogP contribution in [0.25, 0.3) is 0 Å². The van der Waals surface area contributed by atoms with Crippen LogP contribution in [0.3, 0.4) is 0 Å². The molecule has 1 unspecified atom stereocenters. The first kappa shape index (κ1) is 8.10. The van der Waals surface area contributed by atoms with Crippen LogP contribution < -0.4 is 0 Å². The molecular weight excluding hydrogens is 119 g/mol.